The molecule has 0 unspecified atom stereocenters. The van der Waals surface area contributed by atoms with E-state index in [9.17, 15) is 9.59 Å². The molecular formula is C15H21N3O3. The average Bonchev–Trinajstić information content (AvgIpc) is 2.79. The Kier molecular flexibility index (Phi) is 4.80. The zero-order chi connectivity index (χ0) is 15.4. The maximum Gasteiger partial charge on any atom is 0.337 e. The fraction of sp³-hybridized carbons (Fsp3) is 0.467. The number of aromatic carboxylic acids is 1. The SMILES string of the molecule is CCN(CC)CCCn1c(=O)[nH]c2c(C(=O)O)cccc21. The van der Waals surface area contributed by atoms with E-state index in [4.69, 9.17) is 5.11 Å². The van der Waals surface area contributed by atoms with Crippen molar-refractivity contribution in [3.8, 4) is 0 Å². The highest BCUT2D eigenvalue weighted by atomic mass is 16.4. The Hall–Kier alpha value is -2.08. The van der Waals surface area contributed by atoms with Crippen LogP contribution in [0.25, 0.3) is 11.0 Å². The van der Waals surface area contributed by atoms with E-state index < -0.39 is 5.97 Å². The number of carboxylic acids is 1. The van der Waals surface area contributed by atoms with Gasteiger partial charge in [-0.3, -0.25) is 4.57 Å². The van der Waals surface area contributed by atoms with Crippen molar-refractivity contribution in [1.29, 1.82) is 0 Å². The number of para-hydroxylation sites is 1. The normalized spacial score (nSPS) is 11.4. The first-order valence-electron chi connectivity index (χ1n) is 7.25. The smallest absolute Gasteiger partial charge is 0.337 e. The van der Waals surface area contributed by atoms with E-state index in [0.717, 1.165) is 26.1 Å². The van der Waals surface area contributed by atoms with E-state index in [0.29, 0.717) is 17.6 Å². The zero-order valence-corrected chi connectivity index (χ0v) is 12.4. The molecule has 2 aromatic rings. The van der Waals surface area contributed by atoms with Crippen LogP contribution in [0.3, 0.4) is 0 Å². The van der Waals surface area contributed by atoms with Gasteiger partial charge in [-0.2, -0.15) is 0 Å². The Morgan fingerprint density at radius 2 is 2.05 bits per heavy atom. The summed E-state index contributed by atoms with van der Waals surface area (Å²) in [6.07, 6.45) is 0.853. The van der Waals surface area contributed by atoms with Gasteiger partial charge in [0.15, 0.2) is 0 Å². The molecule has 0 aliphatic rings. The lowest BCUT2D eigenvalue weighted by molar-refractivity contribution is 0.0699. The van der Waals surface area contributed by atoms with Gasteiger partial charge in [0.2, 0.25) is 0 Å². The molecule has 0 atom stereocenters. The summed E-state index contributed by atoms with van der Waals surface area (Å²) < 4.78 is 1.62. The fourth-order valence-corrected chi connectivity index (χ4v) is 2.57. The van der Waals surface area contributed by atoms with Gasteiger partial charge in [-0.25, -0.2) is 9.59 Å². The maximum absolute atomic E-state index is 12.0. The summed E-state index contributed by atoms with van der Waals surface area (Å²) in [5.74, 6) is -1.03. The van der Waals surface area contributed by atoms with E-state index in [1.807, 2.05) is 0 Å². The van der Waals surface area contributed by atoms with Crippen molar-refractivity contribution in [2.45, 2.75) is 26.8 Å². The van der Waals surface area contributed by atoms with Crippen molar-refractivity contribution < 1.29 is 9.90 Å². The first-order chi connectivity index (χ1) is 10.1. The van der Waals surface area contributed by atoms with Gasteiger partial charge in [0.25, 0.3) is 0 Å². The quantitative estimate of drug-likeness (QED) is 0.815. The number of nitrogens with one attached hydrogen (secondary N) is 1. The Labute approximate surface area is 123 Å². The molecule has 0 aliphatic heterocycles. The summed E-state index contributed by atoms with van der Waals surface area (Å²) in [6.45, 7) is 7.70. The Morgan fingerprint density at radius 3 is 2.67 bits per heavy atom. The number of hydrogen-bond acceptors (Lipinski definition) is 3. The molecular weight excluding hydrogens is 270 g/mol. The van der Waals surface area contributed by atoms with Crippen LogP contribution in [-0.4, -0.2) is 45.2 Å². The van der Waals surface area contributed by atoms with Crippen LogP contribution in [0.1, 0.15) is 30.6 Å². The molecule has 0 spiro atoms. The molecule has 2 rings (SSSR count). The molecule has 6 nitrogen and oxygen atoms in total. The van der Waals surface area contributed by atoms with E-state index in [-0.39, 0.29) is 11.3 Å². The fourth-order valence-electron chi connectivity index (χ4n) is 2.57. The van der Waals surface area contributed by atoms with Crippen LogP contribution < -0.4 is 5.69 Å². The third-order valence-corrected chi connectivity index (χ3v) is 3.79. The van der Waals surface area contributed by atoms with E-state index >= 15 is 0 Å². The first kappa shape index (κ1) is 15.3. The lowest BCUT2D eigenvalue weighted by atomic mass is 10.2. The number of imidazole rings is 1. The molecule has 0 radical (unpaired) electrons. The maximum atomic E-state index is 12.0. The summed E-state index contributed by atoms with van der Waals surface area (Å²) >= 11 is 0. The van der Waals surface area contributed by atoms with Crippen LogP contribution in [0.5, 0.6) is 0 Å². The Morgan fingerprint density at radius 1 is 1.33 bits per heavy atom. The van der Waals surface area contributed by atoms with Crippen molar-refractivity contribution in [3.05, 3.63) is 34.2 Å². The summed E-state index contributed by atoms with van der Waals surface area (Å²) in [6, 6.07) is 4.94. The van der Waals surface area contributed by atoms with Crippen LogP contribution in [0.15, 0.2) is 23.0 Å². The number of aryl methyl sites for hydroxylation is 1. The molecule has 0 bridgehead atoms. The summed E-state index contributed by atoms with van der Waals surface area (Å²) in [5.41, 5.74) is 0.933. The van der Waals surface area contributed by atoms with Gasteiger partial charge < -0.3 is 15.0 Å². The number of aromatic amines is 1. The first-order valence-corrected chi connectivity index (χ1v) is 7.25. The number of benzene rings is 1. The van der Waals surface area contributed by atoms with Gasteiger partial charge in [-0.15, -0.1) is 0 Å². The second-order valence-electron chi connectivity index (χ2n) is 4.97. The molecule has 0 aliphatic carbocycles. The third-order valence-electron chi connectivity index (χ3n) is 3.79. The summed E-state index contributed by atoms with van der Waals surface area (Å²) in [5, 5.41) is 9.16. The highest BCUT2D eigenvalue weighted by molar-refractivity contribution is 6.00. The lowest BCUT2D eigenvalue weighted by Crippen LogP contribution is -2.26. The van der Waals surface area contributed by atoms with E-state index in [2.05, 4.69) is 23.7 Å². The minimum atomic E-state index is -1.03. The van der Waals surface area contributed by atoms with Crippen LogP contribution in [0.2, 0.25) is 0 Å². The largest absolute Gasteiger partial charge is 0.478 e. The van der Waals surface area contributed by atoms with E-state index in [1.54, 1.807) is 16.7 Å². The number of H-pyrrole nitrogens is 1. The molecule has 21 heavy (non-hydrogen) atoms. The van der Waals surface area contributed by atoms with Crippen LogP contribution >= 0.6 is 0 Å². The molecule has 6 heteroatoms. The molecule has 1 heterocycles. The minimum Gasteiger partial charge on any atom is -0.478 e. The summed E-state index contributed by atoms with van der Waals surface area (Å²) in [4.78, 5) is 28.2. The van der Waals surface area contributed by atoms with Gasteiger partial charge in [0.1, 0.15) is 0 Å². The Balaban J connectivity index is 2.25. The van der Waals surface area contributed by atoms with Crippen LogP contribution in [0, 0.1) is 0 Å². The molecule has 114 valence electrons. The molecule has 2 N–H and O–H groups in total. The second kappa shape index (κ2) is 6.58. The van der Waals surface area contributed by atoms with Gasteiger partial charge in [0.05, 0.1) is 16.6 Å². The number of fused-ring (bicyclic) bond motifs is 1. The van der Waals surface area contributed by atoms with Crippen LogP contribution in [0.4, 0.5) is 0 Å². The molecule has 1 aromatic heterocycles. The van der Waals surface area contributed by atoms with Gasteiger partial charge >= 0.3 is 11.7 Å². The summed E-state index contributed by atoms with van der Waals surface area (Å²) in [7, 11) is 0. The van der Waals surface area contributed by atoms with Gasteiger partial charge in [-0.1, -0.05) is 19.9 Å². The van der Waals surface area contributed by atoms with Crippen molar-refractivity contribution >= 4 is 17.0 Å². The zero-order valence-electron chi connectivity index (χ0n) is 12.4. The third kappa shape index (κ3) is 3.16. The van der Waals surface area contributed by atoms with Crippen molar-refractivity contribution in [2.24, 2.45) is 0 Å². The topological polar surface area (TPSA) is 78.3 Å². The minimum absolute atomic E-state index is 0.132. The number of carbonyl (C=O) groups is 1. The lowest BCUT2D eigenvalue weighted by Gasteiger charge is -2.17. The van der Waals surface area contributed by atoms with Crippen molar-refractivity contribution in [2.75, 3.05) is 19.6 Å². The molecule has 0 amide bonds. The highest BCUT2D eigenvalue weighted by Gasteiger charge is 2.14. The Bertz CT molecular complexity index is 683. The predicted molar refractivity (Wildman–Crippen MR) is 81.9 cm³/mol. The number of hydrogen-bond donors (Lipinski definition) is 2. The van der Waals surface area contributed by atoms with Crippen molar-refractivity contribution in [1.82, 2.24) is 14.5 Å². The van der Waals surface area contributed by atoms with Crippen LogP contribution in [-0.2, 0) is 6.54 Å². The predicted octanol–water partition coefficient (Wildman–Crippen LogP) is 1.76. The molecule has 1 aromatic carbocycles. The number of nitrogens with zero attached hydrogens (tertiary/aromatic N) is 2. The number of carboxylic acid groups (broad SMARTS) is 1. The van der Waals surface area contributed by atoms with Crippen molar-refractivity contribution in [3.63, 3.8) is 0 Å². The number of rotatable bonds is 7. The second-order valence-corrected chi connectivity index (χ2v) is 4.97. The number of aromatic nitrogens is 2. The van der Waals surface area contributed by atoms with Gasteiger partial charge in [-0.05, 0) is 38.2 Å². The molecule has 0 saturated heterocycles. The molecule has 0 fully saturated rings. The highest BCUT2D eigenvalue weighted by Crippen LogP contribution is 2.15. The van der Waals surface area contributed by atoms with E-state index in [1.165, 1.54) is 6.07 Å². The average molecular weight is 291 g/mol. The monoisotopic (exact) mass is 291 g/mol. The van der Waals surface area contributed by atoms with Gasteiger partial charge in [0, 0.05) is 6.54 Å². The molecule has 0 saturated carbocycles. The standard InChI is InChI=1S/C15H21N3O3/c1-3-17(4-2)9-6-10-18-12-8-5-7-11(14(19)20)13(12)16-15(18)21/h5,7-8H,3-4,6,9-10H2,1-2H3,(H,16,21)(H,19,20).